The predicted octanol–water partition coefficient (Wildman–Crippen LogP) is 0.677. The van der Waals surface area contributed by atoms with Gasteiger partial charge in [-0.2, -0.15) is 4.72 Å². The van der Waals surface area contributed by atoms with Gasteiger partial charge in [0, 0.05) is 10.7 Å². The maximum Gasteiger partial charge on any atom is 0.321 e. The van der Waals surface area contributed by atoms with E-state index in [1.54, 1.807) is 0 Å². The topological polar surface area (TPSA) is 118 Å². The molecule has 0 aliphatic rings. The fraction of sp³-hybridized carbons (Fsp3) is 0.444. The first-order valence-electron chi connectivity index (χ1n) is 5.19. The fourth-order valence-corrected chi connectivity index (χ4v) is 5.52. The van der Waals surface area contributed by atoms with Crippen LogP contribution in [0.15, 0.2) is 20.1 Å². The summed E-state index contributed by atoms with van der Waals surface area (Å²) in [6, 6.07) is 0.0228. The van der Waals surface area contributed by atoms with Crippen LogP contribution in [-0.2, 0) is 24.7 Å². The van der Waals surface area contributed by atoms with Gasteiger partial charge in [-0.05, 0) is 33.8 Å². The highest BCUT2D eigenvalue weighted by molar-refractivity contribution is 9.10. The van der Waals surface area contributed by atoms with Crippen LogP contribution in [0.25, 0.3) is 0 Å². The SMILES string of the molecule is CS(=O)(=O)CCC(NS(=O)(=O)c1sccc1Br)C(=O)O. The first-order chi connectivity index (χ1) is 9.03. The molecule has 7 nitrogen and oxygen atoms in total. The van der Waals surface area contributed by atoms with E-state index < -0.39 is 37.6 Å². The molecule has 1 aromatic heterocycles. The molecule has 0 fully saturated rings. The van der Waals surface area contributed by atoms with Crippen molar-refractivity contribution in [3.05, 3.63) is 15.9 Å². The summed E-state index contributed by atoms with van der Waals surface area (Å²) in [6.07, 6.45) is 0.618. The molecule has 114 valence electrons. The second kappa shape index (κ2) is 6.52. The van der Waals surface area contributed by atoms with Crippen LogP contribution in [0.2, 0.25) is 0 Å². The second-order valence-electron chi connectivity index (χ2n) is 3.99. The van der Waals surface area contributed by atoms with Gasteiger partial charge in [0.2, 0.25) is 0 Å². The van der Waals surface area contributed by atoms with Gasteiger partial charge in [-0.1, -0.05) is 0 Å². The van der Waals surface area contributed by atoms with Crippen molar-refractivity contribution in [3.63, 3.8) is 0 Å². The lowest BCUT2D eigenvalue weighted by atomic mass is 10.2. The third kappa shape index (κ3) is 5.13. The normalized spacial score (nSPS) is 14.1. The highest BCUT2D eigenvalue weighted by atomic mass is 79.9. The molecule has 0 aliphatic carbocycles. The Morgan fingerprint density at radius 2 is 2.05 bits per heavy atom. The minimum atomic E-state index is -4.01. The molecule has 1 heterocycles. The molecule has 1 aromatic rings. The van der Waals surface area contributed by atoms with Gasteiger partial charge < -0.3 is 5.11 Å². The van der Waals surface area contributed by atoms with Gasteiger partial charge >= 0.3 is 5.97 Å². The third-order valence-electron chi connectivity index (χ3n) is 2.20. The average Bonchev–Trinajstić information content (AvgIpc) is 2.69. The third-order valence-corrected chi connectivity index (χ3v) is 7.32. The zero-order chi connectivity index (χ0) is 15.6. The highest BCUT2D eigenvalue weighted by Gasteiger charge is 2.28. The lowest BCUT2D eigenvalue weighted by molar-refractivity contribution is -0.139. The molecular weight excluding hydrogens is 394 g/mol. The molecule has 0 aliphatic heterocycles. The van der Waals surface area contributed by atoms with Crippen LogP contribution in [-0.4, -0.2) is 46.0 Å². The molecule has 0 bridgehead atoms. The van der Waals surface area contributed by atoms with Gasteiger partial charge in [-0.3, -0.25) is 4.79 Å². The van der Waals surface area contributed by atoms with E-state index in [-0.39, 0.29) is 10.6 Å². The van der Waals surface area contributed by atoms with Gasteiger partial charge in [0.15, 0.2) is 0 Å². The van der Waals surface area contributed by atoms with Gasteiger partial charge in [0.25, 0.3) is 10.0 Å². The number of sulfonamides is 1. The summed E-state index contributed by atoms with van der Waals surface area (Å²) in [7, 11) is -7.39. The van der Waals surface area contributed by atoms with Crippen molar-refractivity contribution >= 4 is 53.1 Å². The Hall–Kier alpha value is -0.490. The second-order valence-corrected chi connectivity index (χ2v) is 9.93. The van der Waals surface area contributed by atoms with Crippen molar-refractivity contribution in [2.45, 2.75) is 16.7 Å². The summed E-state index contributed by atoms with van der Waals surface area (Å²) in [4.78, 5) is 11.0. The number of aliphatic carboxylic acids is 1. The van der Waals surface area contributed by atoms with Gasteiger partial charge in [-0.15, -0.1) is 11.3 Å². The molecule has 0 saturated carbocycles. The van der Waals surface area contributed by atoms with Crippen LogP contribution in [0, 0.1) is 0 Å². The van der Waals surface area contributed by atoms with E-state index in [0.29, 0.717) is 4.47 Å². The summed E-state index contributed by atoms with van der Waals surface area (Å²) in [5, 5.41) is 10.5. The number of thiophene rings is 1. The lowest BCUT2D eigenvalue weighted by Crippen LogP contribution is -2.41. The molecule has 0 saturated heterocycles. The summed E-state index contributed by atoms with van der Waals surface area (Å²) >= 11 is 3.97. The number of rotatable bonds is 7. The van der Waals surface area contributed by atoms with Crippen molar-refractivity contribution in [1.82, 2.24) is 4.72 Å². The van der Waals surface area contributed by atoms with Crippen LogP contribution in [0.5, 0.6) is 0 Å². The number of halogens is 1. The summed E-state index contributed by atoms with van der Waals surface area (Å²) < 4.78 is 48.3. The highest BCUT2D eigenvalue weighted by Crippen LogP contribution is 2.27. The summed E-state index contributed by atoms with van der Waals surface area (Å²) in [5.74, 6) is -1.84. The Balaban J connectivity index is 2.91. The van der Waals surface area contributed by atoms with Gasteiger partial charge in [0.05, 0.1) is 5.75 Å². The van der Waals surface area contributed by atoms with E-state index in [9.17, 15) is 21.6 Å². The number of hydrogen-bond donors (Lipinski definition) is 2. The molecule has 1 unspecified atom stereocenters. The minimum absolute atomic E-state index is 0.0527. The van der Waals surface area contributed by atoms with Gasteiger partial charge in [0.1, 0.15) is 20.1 Å². The van der Waals surface area contributed by atoms with Crippen molar-refractivity contribution in [2.75, 3.05) is 12.0 Å². The fourth-order valence-electron chi connectivity index (χ4n) is 1.28. The zero-order valence-electron chi connectivity index (χ0n) is 10.2. The average molecular weight is 406 g/mol. The first kappa shape index (κ1) is 17.6. The van der Waals surface area contributed by atoms with Gasteiger partial charge in [-0.25, -0.2) is 16.8 Å². The van der Waals surface area contributed by atoms with Crippen LogP contribution in [0.1, 0.15) is 6.42 Å². The summed E-state index contributed by atoms with van der Waals surface area (Å²) in [5.41, 5.74) is 0. The molecule has 20 heavy (non-hydrogen) atoms. The van der Waals surface area contributed by atoms with Crippen molar-refractivity contribution < 1.29 is 26.7 Å². The molecule has 0 spiro atoms. The number of carboxylic acids is 1. The van der Waals surface area contributed by atoms with Crippen LogP contribution in [0.3, 0.4) is 0 Å². The number of hydrogen-bond acceptors (Lipinski definition) is 6. The Bertz CT molecular complexity index is 693. The maximum absolute atomic E-state index is 12.0. The lowest BCUT2D eigenvalue weighted by Gasteiger charge is -2.13. The molecule has 0 aromatic carbocycles. The molecule has 0 amide bonds. The number of carbonyl (C=O) groups is 1. The maximum atomic E-state index is 12.0. The van der Waals surface area contributed by atoms with Crippen LogP contribution >= 0.6 is 27.3 Å². The minimum Gasteiger partial charge on any atom is -0.480 e. The Kier molecular flexibility index (Phi) is 5.72. The number of carboxylic acid groups (broad SMARTS) is 1. The first-order valence-corrected chi connectivity index (χ1v) is 10.4. The molecule has 2 N–H and O–H groups in total. The molecular formula is C9H12BrNO6S3. The van der Waals surface area contributed by atoms with E-state index in [0.717, 1.165) is 17.6 Å². The summed E-state index contributed by atoms with van der Waals surface area (Å²) in [6.45, 7) is 0. The molecule has 11 heteroatoms. The van der Waals surface area contributed by atoms with Crippen molar-refractivity contribution in [3.8, 4) is 0 Å². The Labute approximate surface area is 129 Å². The monoisotopic (exact) mass is 405 g/mol. The van der Waals surface area contributed by atoms with E-state index in [2.05, 4.69) is 15.9 Å². The van der Waals surface area contributed by atoms with E-state index in [4.69, 9.17) is 5.11 Å². The van der Waals surface area contributed by atoms with Crippen molar-refractivity contribution in [2.24, 2.45) is 0 Å². The number of nitrogens with one attached hydrogen (secondary N) is 1. The van der Waals surface area contributed by atoms with Crippen LogP contribution in [0.4, 0.5) is 0 Å². The smallest absolute Gasteiger partial charge is 0.321 e. The van der Waals surface area contributed by atoms with E-state index in [1.165, 1.54) is 11.4 Å². The van der Waals surface area contributed by atoms with E-state index in [1.807, 2.05) is 4.72 Å². The van der Waals surface area contributed by atoms with Crippen molar-refractivity contribution in [1.29, 1.82) is 0 Å². The molecule has 1 rings (SSSR count). The van der Waals surface area contributed by atoms with Crippen LogP contribution < -0.4 is 4.72 Å². The number of sulfone groups is 1. The Morgan fingerprint density at radius 1 is 1.45 bits per heavy atom. The largest absolute Gasteiger partial charge is 0.480 e. The standard InChI is InChI=1S/C9H12BrNO6S3/c1-19(14,15)5-3-7(8(12)13)11-20(16,17)9-6(10)2-4-18-9/h2,4,7,11H,3,5H2,1H3,(H,12,13). The quantitative estimate of drug-likeness (QED) is 0.688. The van der Waals surface area contributed by atoms with E-state index >= 15 is 0 Å². The Morgan fingerprint density at radius 3 is 2.45 bits per heavy atom. The zero-order valence-corrected chi connectivity index (χ0v) is 14.3. The predicted molar refractivity (Wildman–Crippen MR) is 78.1 cm³/mol. The molecule has 0 radical (unpaired) electrons. The molecule has 1 atom stereocenters.